The zero-order valence-corrected chi connectivity index (χ0v) is 12.7. The molecule has 0 saturated heterocycles. The third-order valence-corrected chi connectivity index (χ3v) is 4.01. The molecule has 1 aliphatic rings. The highest BCUT2D eigenvalue weighted by Gasteiger charge is 2.19. The predicted molar refractivity (Wildman–Crippen MR) is 85.0 cm³/mol. The molecule has 0 unspecified atom stereocenters. The molecular formula is C16H13IO2. The molecule has 0 aromatic heterocycles. The van der Waals surface area contributed by atoms with Crippen molar-refractivity contribution in [3.05, 3.63) is 63.2 Å². The topological polar surface area (TPSA) is 18.5 Å². The van der Waals surface area contributed by atoms with Crippen LogP contribution in [0, 0.1) is 0 Å². The summed E-state index contributed by atoms with van der Waals surface area (Å²) in [6.45, 7) is 0.638. The van der Waals surface area contributed by atoms with Crippen molar-refractivity contribution in [3.8, 4) is 11.5 Å². The molecule has 0 bridgehead atoms. The van der Waals surface area contributed by atoms with Gasteiger partial charge in [-0.25, -0.2) is 0 Å². The van der Waals surface area contributed by atoms with Gasteiger partial charge in [0.25, 0.3) is 0 Å². The van der Waals surface area contributed by atoms with E-state index in [9.17, 15) is 0 Å². The van der Waals surface area contributed by atoms with Crippen molar-refractivity contribution < 1.29 is 9.47 Å². The number of hydrogen-bond donors (Lipinski definition) is 0. The van der Waals surface area contributed by atoms with Gasteiger partial charge in [0.1, 0.15) is 18.1 Å². The second-order valence-electron chi connectivity index (χ2n) is 4.29. The highest BCUT2D eigenvalue weighted by atomic mass is 127. The number of para-hydroxylation sites is 1. The molecule has 0 N–H and O–H groups in total. The van der Waals surface area contributed by atoms with E-state index in [0.717, 1.165) is 17.1 Å². The third-order valence-electron chi connectivity index (χ3n) is 3.16. The summed E-state index contributed by atoms with van der Waals surface area (Å²) in [5.41, 5.74) is 3.61. The first kappa shape index (κ1) is 12.5. The van der Waals surface area contributed by atoms with Gasteiger partial charge < -0.3 is 9.47 Å². The van der Waals surface area contributed by atoms with Crippen LogP contribution >= 0.6 is 22.6 Å². The molecule has 96 valence electrons. The van der Waals surface area contributed by atoms with Crippen LogP contribution in [0.2, 0.25) is 0 Å². The molecule has 19 heavy (non-hydrogen) atoms. The van der Waals surface area contributed by atoms with Crippen LogP contribution in [0.3, 0.4) is 0 Å². The lowest BCUT2D eigenvalue weighted by Crippen LogP contribution is -2.08. The Hall–Kier alpha value is -1.49. The van der Waals surface area contributed by atoms with E-state index in [-0.39, 0.29) is 0 Å². The lowest BCUT2D eigenvalue weighted by Gasteiger charge is -2.21. The van der Waals surface area contributed by atoms with Crippen LogP contribution in [0.15, 0.2) is 52.1 Å². The molecule has 0 amide bonds. The fourth-order valence-electron chi connectivity index (χ4n) is 2.23. The van der Waals surface area contributed by atoms with Gasteiger partial charge in [0, 0.05) is 14.7 Å². The zero-order chi connectivity index (χ0) is 13.2. The normalized spacial score (nSPS) is 13.8. The summed E-state index contributed by atoms with van der Waals surface area (Å²) in [7, 11) is 1.68. The van der Waals surface area contributed by atoms with Crippen molar-refractivity contribution in [2.75, 3.05) is 13.7 Å². The van der Waals surface area contributed by atoms with E-state index in [2.05, 4.69) is 40.8 Å². The smallest absolute Gasteiger partial charge is 0.127 e. The Morgan fingerprint density at radius 3 is 2.53 bits per heavy atom. The number of halogens is 1. The standard InChI is InChI=1S/C16H13IO2/c1-18-12-8-6-11(7-9-12)16-13-4-2-3-5-15(13)19-10-14(16)17/h2-9H,10H2,1H3. The van der Waals surface area contributed by atoms with E-state index < -0.39 is 0 Å². The number of rotatable bonds is 2. The minimum Gasteiger partial charge on any atom is -0.497 e. The second kappa shape index (κ2) is 5.25. The van der Waals surface area contributed by atoms with Crippen molar-refractivity contribution in [1.82, 2.24) is 0 Å². The quantitative estimate of drug-likeness (QED) is 0.741. The molecule has 3 rings (SSSR count). The Morgan fingerprint density at radius 2 is 1.79 bits per heavy atom. The van der Waals surface area contributed by atoms with E-state index >= 15 is 0 Å². The first-order valence-electron chi connectivity index (χ1n) is 6.05. The number of methoxy groups -OCH3 is 1. The van der Waals surface area contributed by atoms with Gasteiger partial charge >= 0.3 is 0 Å². The molecular weight excluding hydrogens is 351 g/mol. The van der Waals surface area contributed by atoms with E-state index in [1.807, 2.05) is 30.3 Å². The first-order valence-corrected chi connectivity index (χ1v) is 7.13. The van der Waals surface area contributed by atoms with Gasteiger partial charge in [-0.2, -0.15) is 0 Å². The Labute approximate surface area is 126 Å². The van der Waals surface area contributed by atoms with Gasteiger partial charge in [0.15, 0.2) is 0 Å². The zero-order valence-electron chi connectivity index (χ0n) is 10.5. The van der Waals surface area contributed by atoms with E-state index in [1.165, 1.54) is 14.7 Å². The summed E-state index contributed by atoms with van der Waals surface area (Å²) in [6.07, 6.45) is 0. The van der Waals surface area contributed by atoms with Crippen LogP contribution in [0.5, 0.6) is 11.5 Å². The van der Waals surface area contributed by atoms with Crippen LogP contribution in [-0.2, 0) is 0 Å². The monoisotopic (exact) mass is 364 g/mol. The maximum atomic E-state index is 5.74. The summed E-state index contributed by atoms with van der Waals surface area (Å²) < 4.78 is 12.2. The molecule has 2 aromatic carbocycles. The largest absolute Gasteiger partial charge is 0.497 e. The molecule has 1 aliphatic heterocycles. The van der Waals surface area contributed by atoms with Gasteiger partial charge in [-0.05, 0) is 46.4 Å². The number of benzene rings is 2. The maximum Gasteiger partial charge on any atom is 0.127 e. The second-order valence-corrected chi connectivity index (χ2v) is 5.60. The van der Waals surface area contributed by atoms with Crippen molar-refractivity contribution in [2.24, 2.45) is 0 Å². The Morgan fingerprint density at radius 1 is 1.05 bits per heavy atom. The summed E-state index contributed by atoms with van der Waals surface area (Å²) >= 11 is 2.36. The van der Waals surface area contributed by atoms with Gasteiger partial charge in [-0.1, -0.05) is 30.3 Å². The van der Waals surface area contributed by atoms with Crippen LogP contribution in [0.1, 0.15) is 11.1 Å². The highest BCUT2D eigenvalue weighted by Crippen LogP contribution is 2.39. The van der Waals surface area contributed by atoms with Crippen LogP contribution in [0.4, 0.5) is 0 Å². The van der Waals surface area contributed by atoms with Crippen molar-refractivity contribution in [1.29, 1.82) is 0 Å². The van der Waals surface area contributed by atoms with Gasteiger partial charge in [-0.3, -0.25) is 0 Å². The summed E-state index contributed by atoms with van der Waals surface area (Å²) in [4.78, 5) is 0. The lowest BCUT2D eigenvalue weighted by molar-refractivity contribution is 0.356. The average molecular weight is 364 g/mol. The van der Waals surface area contributed by atoms with Gasteiger partial charge in [0.2, 0.25) is 0 Å². The lowest BCUT2D eigenvalue weighted by atomic mass is 9.95. The van der Waals surface area contributed by atoms with E-state index in [0.29, 0.717) is 6.61 Å². The molecule has 0 aliphatic carbocycles. The fourth-order valence-corrected chi connectivity index (χ4v) is 2.99. The molecule has 0 atom stereocenters. The van der Waals surface area contributed by atoms with Crippen LogP contribution < -0.4 is 9.47 Å². The Bertz CT molecular complexity index is 629. The SMILES string of the molecule is COc1ccc(C2=C(I)COc3ccccc32)cc1. The van der Waals surface area contributed by atoms with Gasteiger partial charge in [-0.15, -0.1) is 0 Å². The fraction of sp³-hybridized carbons (Fsp3) is 0.125. The predicted octanol–water partition coefficient (Wildman–Crippen LogP) is 4.28. The van der Waals surface area contributed by atoms with Crippen LogP contribution in [0.25, 0.3) is 5.57 Å². The van der Waals surface area contributed by atoms with E-state index in [4.69, 9.17) is 9.47 Å². The van der Waals surface area contributed by atoms with Crippen molar-refractivity contribution in [2.45, 2.75) is 0 Å². The highest BCUT2D eigenvalue weighted by molar-refractivity contribution is 14.1. The molecule has 0 spiro atoms. The summed E-state index contributed by atoms with van der Waals surface area (Å²) in [5, 5.41) is 0. The van der Waals surface area contributed by atoms with Gasteiger partial charge in [0.05, 0.1) is 7.11 Å². The molecule has 2 aromatic rings. The molecule has 3 heteroatoms. The molecule has 0 fully saturated rings. The molecule has 0 radical (unpaired) electrons. The Balaban J connectivity index is 2.11. The average Bonchev–Trinajstić information content (AvgIpc) is 2.47. The number of fused-ring (bicyclic) bond motifs is 1. The maximum absolute atomic E-state index is 5.74. The third kappa shape index (κ3) is 2.34. The van der Waals surface area contributed by atoms with Crippen molar-refractivity contribution >= 4 is 28.2 Å². The Kier molecular flexibility index (Phi) is 3.46. The summed E-state index contributed by atoms with van der Waals surface area (Å²) in [6, 6.07) is 16.3. The number of hydrogen-bond acceptors (Lipinski definition) is 2. The van der Waals surface area contributed by atoms with E-state index in [1.54, 1.807) is 7.11 Å². The van der Waals surface area contributed by atoms with Crippen molar-refractivity contribution in [3.63, 3.8) is 0 Å². The summed E-state index contributed by atoms with van der Waals surface area (Å²) in [5.74, 6) is 1.83. The minimum absolute atomic E-state index is 0.638. The molecule has 0 saturated carbocycles. The number of ether oxygens (including phenoxy) is 2. The minimum atomic E-state index is 0.638. The van der Waals surface area contributed by atoms with Crippen LogP contribution in [-0.4, -0.2) is 13.7 Å². The first-order chi connectivity index (χ1) is 9.29. The molecule has 1 heterocycles. The molecule has 2 nitrogen and oxygen atoms in total.